The Labute approximate surface area is 194 Å². The third-order valence-electron chi connectivity index (χ3n) is 8.52. The van der Waals surface area contributed by atoms with Crippen molar-refractivity contribution in [2.75, 3.05) is 9.80 Å². The molecule has 0 radical (unpaired) electrons. The van der Waals surface area contributed by atoms with Crippen LogP contribution in [0.4, 0.5) is 11.4 Å². The van der Waals surface area contributed by atoms with Gasteiger partial charge in [-0.05, 0) is 47.9 Å². The van der Waals surface area contributed by atoms with Crippen LogP contribution in [0, 0.1) is 47.3 Å². The topological polar surface area (TPSA) is 115 Å². The molecule has 8 heteroatoms. The average Bonchev–Trinajstić information content (AvgIpc) is 3.17. The molecular formula is C26H20N2O6. The quantitative estimate of drug-likeness (QED) is 0.528. The Morgan fingerprint density at radius 2 is 0.941 bits per heavy atom. The van der Waals surface area contributed by atoms with E-state index in [1.54, 1.807) is 24.3 Å². The Balaban J connectivity index is 1.26. The highest BCUT2D eigenvalue weighted by Gasteiger charge is 2.75. The van der Waals surface area contributed by atoms with Gasteiger partial charge in [-0.25, -0.2) is 9.80 Å². The van der Waals surface area contributed by atoms with Gasteiger partial charge in [-0.2, -0.15) is 0 Å². The van der Waals surface area contributed by atoms with Gasteiger partial charge < -0.3 is 10.2 Å². The summed E-state index contributed by atoms with van der Waals surface area (Å²) in [5.41, 5.74) is 0.669. The SMILES string of the molecule is O=C1[C@@H]2[C@H]3C=C[C@@H]([C@@H]2C(=O)N1c1cccc(O)c1)[C@@H]1[C@@H]2C(=O)N(c4cccc(O)c4)C(=O)[C@H]2[C@H]31. The largest absolute Gasteiger partial charge is 0.508 e. The lowest BCUT2D eigenvalue weighted by molar-refractivity contribution is -0.166. The maximum absolute atomic E-state index is 13.5. The molecule has 4 fully saturated rings. The molecule has 8 atom stereocenters. The lowest BCUT2D eigenvalue weighted by Crippen LogP contribution is -2.63. The Morgan fingerprint density at radius 1 is 0.559 bits per heavy atom. The van der Waals surface area contributed by atoms with Gasteiger partial charge in [0.15, 0.2) is 0 Å². The lowest BCUT2D eigenvalue weighted by atomic mass is 9.40. The van der Waals surface area contributed by atoms with Crippen molar-refractivity contribution in [1.29, 1.82) is 0 Å². The van der Waals surface area contributed by atoms with E-state index >= 15 is 0 Å². The molecule has 2 aromatic carbocycles. The van der Waals surface area contributed by atoms with E-state index in [2.05, 4.69) is 0 Å². The fourth-order valence-electron chi connectivity index (χ4n) is 7.37. The van der Waals surface area contributed by atoms with Gasteiger partial charge in [0.2, 0.25) is 23.6 Å². The van der Waals surface area contributed by atoms with E-state index in [9.17, 15) is 29.4 Å². The van der Waals surface area contributed by atoms with Gasteiger partial charge >= 0.3 is 0 Å². The molecule has 2 aromatic rings. The first-order valence-electron chi connectivity index (χ1n) is 11.4. The summed E-state index contributed by atoms with van der Waals surface area (Å²) in [6.45, 7) is 0. The second kappa shape index (κ2) is 6.34. The number of amides is 4. The predicted octanol–water partition coefficient (Wildman–Crippen LogP) is 2.07. The first-order chi connectivity index (χ1) is 16.4. The van der Waals surface area contributed by atoms with E-state index < -0.39 is 23.7 Å². The molecule has 8 rings (SSSR count). The highest BCUT2D eigenvalue weighted by Crippen LogP contribution is 2.68. The van der Waals surface area contributed by atoms with Crippen LogP contribution in [-0.4, -0.2) is 33.8 Å². The number of hydrogen-bond acceptors (Lipinski definition) is 6. The predicted molar refractivity (Wildman–Crippen MR) is 118 cm³/mol. The number of rotatable bonds is 2. The van der Waals surface area contributed by atoms with E-state index in [0.717, 1.165) is 9.80 Å². The van der Waals surface area contributed by atoms with E-state index in [4.69, 9.17) is 0 Å². The molecule has 4 aliphatic carbocycles. The molecule has 34 heavy (non-hydrogen) atoms. The average molecular weight is 456 g/mol. The normalized spacial score (nSPS) is 37.1. The molecule has 2 aliphatic heterocycles. The van der Waals surface area contributed by atoms with Gasteiger partial charge in [0.1, 0.15) is 11.5 Å². The number of aromatic hydroxyl groups is 2. The van der Waals surface area contributed by atoms with Crippen molar-refractivity contribution in [2.45, 2.75) is 0 Å². The van der Waals surface area contributed by atoms with Gasteiger partial charge in [-0.3, -0.25) is 19.2 Å². The van der Waals surface area contributed by atoms with E-state index in [1.165, 1.54) is 24.3 Å². The first kappa shape index (κ1) is 19.5. The summed E-state index contributed by atoms with van der Waals surface area (Å²) in [6.07, 6.45) is 3.91. The lowest BCUT2D eigenvalue weighted by Gasteiger charge is -2.60. The highest BCUT2D eigenvalue weighted by molar-refractivity contribution is 6.25. The number of anilines is 2. The number of carbonyl (C=O) groups is 4. The molecule has 2 saturated heterocycles. The summed E-state index contributed by atoms with van der Waals surface area (Å²) in [5, 5.41) is 19.7. The number of fused-ring (bicyclic) bond motifs is 1. The minimum absolute atomic E-state index is 0.0331. The zero-order valence-electron chi connectivity index (χ0n) is 17.8. The summed E-state index contributed by atoms with van der Waals surface area (Å²) < 4.78 is 0. The fourth-order valence-corrected chi connectivity index (χ4v) is 7.37. The second-order valence-corrected chi connectivity index (χ2v) is 9.86. The second-order valence-electron chi connectivity index (χ2n) is 9.86. The third kappa shape index (κ3) is 2.18. The summed E-state index contributed by atoms with van der Waals surface area (Å²) in [6, 6.07) is 12.1. The van der Waals surface area contributed by atoms with E-state index in [1.807, 2.05) is 12.2 Å². The molecule has 2 N–H and O–H groups in total. The van der Waals surface area contributed by atoms with Gasteiger partial charge in [0.25, 0.3) is 0 Å². The number of nitrogens with zero attached hydrogens (tertiary/aromatic N) is 2. The zero-order valence-corrected chi connectivity index (χ0v) is 17.8. The molecular weight excluding hydrogens is 436 g/mol. The molecule has 0 spiro atoms. The summed E-state index contributed by atoms with van der Waals surface area (Å²) >= 11 is 0. The molecule has 2 bridgehead atoms. The Kier molecular flexibility index (Phi) is 3.64. The monoisotopic (exact) mass is 456 g/mol. The van der Waals surface area contributed by atoms with Crippen LogP contribution in [0.25, 0.3) is 0 Å². The van der Waals surface area contributed by atoms with Crippen molar-refractivity contribution < 1.29 is 29.4 Å². The Hall–Kier alpha value is -3.94. The minimum Gasteiger partial charge on any atom is -0.508 e. The van der Waals surface area contributed by atoms with Crippen LogP contribution in [0.1, 0.15) is 0 Å². The van der Waals surface area contributed by atoms with Crippen LogP contribution in [0.3, 0.4) is 0 Å². The molecule has 6 aliphatic rings. The third-order valence-corrected chi connectivity index (χ3v) is 8.52. The zero-order chi connectivity index (χ0) is 23.5. The van der Waals surface area contributed by atoms with Crippen molar-refractivity contribution in [3.8, 4) is 11.5 Å². The number of hydrogen-bond donors (Lipinski definition) is 2. The first-order valence-corrected chi connectivity index (χ1v) is 11.4. The molecule has 8 nitrogen and oxygen atoms in total. The molecule has 0 unspecified atom stereocenters. The number of benzene rings is 2. The van der Waals surface area contributed by atoms with Gasteiger partial charge in [-0.1, -0.05) is 24.3 Å². The summed E-state index contributed by atoms with van der Waals surface area (Å²) in [7, 11) is 0. The van der Waals surface area contributed by atoms with Crippen LogP contribution >= 0.6 is 0 Å². The fraction of sp³-hybridized carbons (Fsp3) is 0.308. The van der Waals surface area contributed by atoms with Crippen molar-refractivity contribution in [3.63, 3.8) is 0 Å². The Morgan fingerprint density at radius 3 is 1.32 bits per heavy atom. The maximum Gasteiger partial charge on any atom is 0.238 e. The van der Waals surface area contributed by atoms with Crippen molar-refractivity contribution in [3.05, 3.63) is 60.7 Å². The number of allylic oxidation sites excluding steroid dienone is 2. The van der Waals surface area contributed by atoms with Crippen LogP contribution in [0.2, 0.25) is 0 Å². The molecule has 2 saturated carbocycles. The van der Waals surface area contributed by atoms with Crippen LogP contribution in [0.15, 0.2) is 60.7 Å². The van der Waals surface area contributed by atoms with Crippen LogP contribution in [-0.2, 0) is 19.2 Å². The number of phenolic OH excluding ortho intramolecular Hbond substituents is 2. The number of carbonyl (C=O) groups excluding carboxylic acids is 4. The van der Waals surface area contributed by atoms with Gasteiger partial charge in [0.05, 0.1) is 35.0 Å². The molecule has 4 amide bonds. The number of imide groups is 2. The van der Waals surface area contributed by atoms with Crippen LogP contribution in [0.5, 0.6) is 11.5 Å². The highest BCUT2D eigenvalue weighted by atomic mass is 16.3. The van der Waals surface area contributed by atoms with Crippen molar-refractivity contribution in [2.24, 2.45) is 47.3 Å². The molecule has 0 aromatic heterocycles. The Bertz CT molecular complexity index is 1290. The number of phenols is 2. The van der Waals surface area contributed by atoms with Gasteiger partial charge in [-0.15, -0.1) is 0 Å². The standard InChI is InChI=1S/C26H20N2O6/c29-13-5-1-3-11(9-13)27-23(31)19-15-7-8-16(20(19)24(27)32)18-17(15)21-22(18)26(34)28(25(21)33)12-4-2-6-14(30)10-12/h1-10,15-22,29-30H/t15-,16+,17+,18-,19+,20-,21-,22-/m0/s1. The molecule has 170 valence electrons. The van der Waals surface area contributed by atoms with E-state index in [0.29, 0.717) is 11.4 Å². The smallest absolute Gasteiger partial charge is 0.238 e. The summed E-state index contributed by atoms with van der Waals surface area (Å²) in [5.74, 6) is -4.50. The molecule has 2 heterocycles. The summed E-state index contributed by atoms with van der Waals surface area (Å²) in [4.78, 5) is 56.1. The van der Waals surface area contributed by atoms with Crippen molar-refractivity contribution in [1.82, 2.24) is 0 Å². The van der Waals surface area contributed by atoms with Crippen molar-refractivity contribution >= 4 is 35.0 Å². The maximum atomic E-state index is 13.5. The minimum atomic E-state index is -0.579. The van der Waals surface area contributed by atoms with Gasteiger partial charge in [0, 0.05) is 12.1 Å². The van der Waals surface area contributed by atoms with Crippen LogP contribution < -0.4 is 9.80 Å². The van der Waals surface area contributed by atoms with E-state index in [-0.39, 0.29) is 58.8 Å².